The third-order valence-corrected chi connectivity index (χ3v) is 7.46. The molecule has 0 bridgehead atoms. The number of nitrogens with one attached hydrogen (secondary N) is 1. The Hall–Kier alpha value is -2.89. The van der Waals surface area contributed by atoms with E-state index in [1.165, 1.54) is 35.6 Å². The number of halogens is 4. The van der Waals surface area contributed by atoms with Crippen LogP contribution < -0.4 is 9.73 Å². The molecular formula is C21H17ClF3N3O3S2. The molecule has 1 N–H and O–H groups in total. The van der Waals surface area contributed by atoms with Crippen LogP contribution in [0.2, 0.25) is 5.02 Å². The van der Waals surface area contributed by atoms with E-state index in [1.54, 1.807) is 25.1 Å². The second-order valence-electron chi connectivity index (χ2n) is 6.70. The first-order chi connectivity index (χ1) is 15.5. The molecule has 0 spiro atoms. The van der Waals surface area contributed by atoms with Crippen molar-refractivity contribution in [3.63, 3.8) is 0 Å². The van der Waals surface area contributed by atoms with Crippen LogP contribution >= 0.6 is 22.9 Å². The van der Waals surface area contributed by atoms with Crippen LogP contribution in [0.5, 0.6) is 0 Å². The maximum Gasteiger partial charge on any atom is 0.416 e. The van der Waals surface area contributed by atoms with Crippen molar-refractivity contribution in [3.8, 4) is 0 Å². The lowest BCUT2D eigenvalue weighted by Gasteiger charge is -2.25. The minimum absolute atomic E-state index is 0.218. The second-order valence-corrected chi connectivity index (χ2v) is 9.92. The van der Waals surface area contributed by atoms with E-state index in [0.717, 1.165) is 17.0 Å². The molecule has 33 heavy (non-hydrogen) atoms. The van der Waals surface area contributed by atoms with E-state index in [2.05, 4.69) is 10.5 Å². The number of benzene rings is 2. The summed E-state index contributed by atoms with van der Waals surface area (Å²) in [7, 11) is -4.44. The van der Waals surface area contributed by atoms with Gasteiger partial charge in [-0.15, -0.1) is 11.3 Å². The van der Waals surface area contributed by atoms with Crippen molar-refractivity contribution in [2.45, 2.75) is 18.0 Å². The van der Waals surface area contributed by atoms with Gasteiger partial charge in [0, 0.05) is 4.88 Å². The number of nitrogens with zero attached hydrogens (tertiary/aromatic N) is 2. The summed E-state index contributed by atoms with van der Waals surface area (Å²) in [5.74, 6) is -0.862. The van der Waals surface area contributed by atoms with Gasteiger partial charge in [-0.2, -0.15) is 18.3 Å². The predicted octanol–water partition coefficient (Wildman–Crippen LogP) is 5.16. The van der Waals surface area contributed by atoms with E-state index in [1.807, 2.05) is 5.38 Å². The fraction of sp³-hybridized carbons (Fsp3) is 0.143. The Bertz CT molecular complexity index is 1260. The van der Waals surface area contributed by atoms with Crippen LogP contribution in [0, 0.1) is 0 Å². The van der Waals surface area contributed by atoms with Gasteiger partial charge < -0.3 is 0 Å². The van der Waals surface area contributed by atoms with Crippen molar-refractivity contribution in [2.24, 2.45) is 5.10 Å². The van der Waals surface area contributed by atoms with E-state index in [-0.39, 0.29) is 9.92 Å². The highest BCUT2D eigenvalue weighted by molar-refractivity contribution is 7.92. The molecule has 3 aromatic rings. The predicted molar refractivity (Wildman–Crippen MR) is 122 cm³/mol. The number of hydrogen-bond donors (Lipinski definition) is 1. The van der Waals surface area contributed by atoms with Crippen LogP contribution in [0.25, 0.3) is 0 Å². The molecule has 0 aliphatic heterocycles. The van der Waals surface area contributed by atoms with E-state index in [9.17, 15) is 26.4 Å². The summed E-state index contributed by atoms with van der Waals surface area (Å²) in [5.41, 5.74) is 1.13. The van der Waals surface area contributed by atoms with Crippen molar-refractivity contribution in [2.75, 3.05) is 10.8 Å². The Morgan fingerprint density at radius 2 is 1.82 bits per heavy atom. The molecule has 12 heteroatoms. The fourth-order valence-electron chi connectivity index (χ4n) is 2.75. The van der Waals surface area contributed by atoms with Crippen LogP contribution in [0.4, 0.5) is 18.9 Å². The molecule has 0 saturated carbocycles. The molecule has 0 aliphatic carbocycles. The molecule has 0 unspecified atom stereocenters. The minimum Gasteiger partial charge on any atom is -0.271 e. The van der Waals surface area contributed by atoms with Gasteiger partial charge >= 0.3 is 6.18 Å². The maximum absolute atomic E-state index is 13.3. The number of hydrazone groups is 1. The second kappa shape index (κ2) is 9.94. The molecule has 3 rings (SSSR count). The Morgan fingerprint density at radius 3 is 2.42 bits per heavy atom. The Kier molecular flexibility index (Phi) is 7.45. The van der Waals surface area contributed by atoms with Crippen LogP contribution in [0.1, 0.15) is 17.4 Å². The van der Waals surface area contributed by atoms with Crippen molar-refractivity contribution in [1.29, 1.82) is 0 Å². The standard InChI is InChI=1S/C21H17ClF3N3O3S2/c1-14(19-8-5-11-32-19)26-27-20(29)13-28(33(30,31)16-6-3-2-4-7-16)18-12-15(21(23,24)25)9-10-17(18)22/h2-12H,13H2,1H3,(H,27,29)/b26-14-. The van der Waals surface area contributed by atoms with Crippen LogP contribution in [-0.4, -0.2) is 26.6 Å². The van der Waals surface area contributed by atoms with Crippen molar-refractivity contribution < 1.29 is 26.4 Å². The Balaban J connectivity index is 2.00. The molecule has 0 radical (unpaired) electrons. The van der Waals surface area contributed by atoms with E-state index in [4.69, 9.17) is 11.6 Å². The zero-order valence-corrected chi connectivity index (χ0v) is 19.4. The summed E-state index contributed by atoms with van der Waals surface area (Å²) >= 11 is 7.47. The third-order valence-electron chi connectivity index (χ3n) is 4.39. The molecular weight excluding hydrogens is 499 g/mol. The first-order valence-electron chi connectivity index (χ1n) is 9.31. The normalized spacial score (nSPS) is 12.5. The summed E-state index contributed by atoms with van der Waals surface area (Å²) in [4.78, 5) is 13.2. The SMILES string of the molecule is C/C(=N/NC(=O)CN(c1cc(C(F)(F)F)ccc1Cl)S(=O)(=O)c1ccccc1)c1cccs1. The van der Waals surface area contributed by atoms with Gasteiger partial charge in [-0.1, -0.05) is 35.9 Å². The summed E-state index contributed by atoms with van der Waals surface area (Å²) in [5, 5.41) is 5.49. The molecule has 0 saturated heterocycles. The topological polar surface area (TPSA) is 78.8 Å². The average Bonchev–Trinajstić information content (AvgIpc) is 3.31. The highest BCUT2D eigenvalue weighted by Gasteiger charge is 2.34. The first-order valence-corrected chi connectivity index (χ1v) is 12.0. The third kappa shape index (κ3) is 5.92. The lowest BCUT2D eigenvalue weighted by Crippen LogP contribution is -2.40. The van der Waals surface area contributed by atoms with Gasteiger partial charge in [-0.3, -0.25) is 9.10 Å². The first kappa shape index (κ1) is 24.7. The van der Waals surface area contributed by atoms with Crippen molar-refractivity contribution >= 4 is 50.3 Å². The zero-order valence-electron chi connectivity index (χ0n) is 17.0. The minimum atomic E-state index is -4.74. The molecule has 0 fully saturated rings. The summed E-state index contributed by atoms with van der Waals surface area (Å²) in [6.07, 6.45) is -4.74. The van der Waals surface area contributed by atoms with Crippen LogP contribution in [0.15, 0.2) is 76.0 Å². The molecule has 0 atom stereocenters. The quantitative estimate of drug-likeness (QED) is 0.349. The Morgan fingerprint density at radius 1 is 1.12 bits per heavy atom. The van der Waals surface area contributed by atoms with Gasteiger partial charge in [-0.25, -0.2) is 13.8 Å². The van der Waals surface area contributed by atoms with E-state index >= 15 is 0 Å². The largest absolute Gasteiger partial charge is 0.416 e. The monoisotopic (exact) mass is 515 g/mol. The van der Waals surface area contributed by atoms with Crippen molar-refractivity contribution in [1.82, 2.24) is 5.43 Å². The molecule has 0 aliphatic rings. The molecule has 174 valence electrons. The van der Waals surface area contributed by atoms with Gasteiger partial charge in [0.1, 0.15) is 6.54 Å². The number of carbonyl (C=O) groups is 1. The average molecular weight is 516 g/mol. The maximum atomic E-state index is 13.3. The van der Waals surface area contributed by atoms with E-state index < -0.39 is 39.9 Å². The molecule has 1 amide bonds. The number of anilines is 1. The van der Waals surface area contributed by atoms with Gasteiger partial charge in [0.05, 0.1) is 26.9 Å². The number of rotatable bonds is 7. The van der Waals surface area contributed by atoms with Gasteiger partial charge in [0.15, 0.2) is 0 Å². The number of sulfonamides is 1. The van der Waals surface area contributed by atoms with Crippen LogP contribution in [-0.2, 0) is 21.0 Å². The van der Waals surface area contributed by atoms with Gasteiger partial charge in [0.25, 0.3) is 15.9 Å². The fourth-order valence-corrected chi connectivity index (χ4v) is 5.15. The van der Waals surface area contributed by atoms with Crippen molar-refractivity contribution in [3.05, 3.63) is 81.5 Å². The zero-order chi connectivity index (χ0) is 24.2. The Labute approximate surface area is 197 Å². The lowest BCUT2D eigenvalue weighted by atomic mass is 10.2. The molecule has 1 aromatic heterocycles. The van der Waals surface area contributed by atoms with Gasteiger partial charge in [0.2, 0.25) is 0 Å². The van der Waals surface area contributed by atoms with Gasteiger partial charge in [-0.05, 0) is 48.7 Å². The number of amides is 1. The number of hydrogen-bond acceptors (Lipinski definition) is 5. The molecule has 6 nitrogen and oxygen atoms in total. The lowest BCUT2D eigenvalue weighted by molar-refractivity contribution is -0.137. The highest BCUT2D eigenvalue weighted by Crippen LogP contribution is 2.37. The van der Waals surface area contributed by atoms with Crippen LogP contribution in [0.3, 0.4) is 0 Å². The number of alkyl halides is 3. The molecule has 2 aromatic carbocycles. The molecule has 1 heterocycles. The highest BCUT2D eigenvalue weighted by atomic mass is 35.5. The van der Waals surface area contributed by atoms with E-state index in [0.29, 0.717) is 16.1 Å². The summed E-state index contributed by atoms with van der Waals surface area (Å²) in [6.45, 7) is 0.799. The summed E-state index contributed by atoms with van der Waals surface area (Å²) in [6, 6.07) is 12.8. The number of carbonyl (C=O) groups excluding carboxylic acids is 1. The number of thiophene rings is 1. The summed E-state index contributed by atoms with van der Waals surface area (Å²) < 4.78 is 66.9. The smallest absolute Gasteiger partial charge is 0.271 e.